The monoisotopic (exact) mass is 251 g/mol. The molecule has 1 aromatic heterocycles. The highest BCUT2D eigenvalue weighted by Crippen LogP contribution is 2.36. The lowest BCUT2D eigenvalue weighted by Gasteiger charge is -2.17. The average molecular weight is 251 g/mol. The predicted molar refractivity (Wildman–Crippen MR) is 64.1 cm³/mol. The topological polar surface area (TPSA) is 53.5 Å². The van der Waals surface area contributed by atoms with Gasteiger partial charge in [-0.25, -0.2) is 14.7 Å². The highest BCUT2D eigenvalue weighted by molar-refractivity contribution is 7.14. The molecule has 5 nitrogen and oxygen atoms in total. The Kier molecular flexibility index (Phi) is 2.22. The Morgan fingerprint density at radius 2 is 2.12 bits per heavy atom. The van der Waals surface area contributed by atoms with Gasteiger partial charge in [0.05, 0.1) is 5.69 Å². The van der Waals surface area contributed by atoms with Crippen molar-refractivity contribution in [3.8, 4) is 0 Å². The first-order valence-corrected chi connectivity index (χ1v) is 6.56. The molecule has 2 fully saturated rings. The summed E-state index contributed by atoms with van der Waals surface area (Å²) in [7, 11) is 0. The summed E-state index contributed by atoms with van der Waals surface area (Å²) in [4.78, 5) is 31.4. The maximum Gasteiger partial charge on any atom is 0.334 e. The number of aromatic nitrogens is 1. The molecule has 2 heterocycles. The van der Waals surface area contributed by atoms with Gasteiger partial charge in [0.1, 0.15) is 6.04 Å². The van der Waals surface area contributed by atoms with E-state index in [9.17, 15) is 9.59 Å². The highest BCUT2D eigenvalue weighted by Gasteiger charge is 2.50. The molecule has 90 valence electrons. The first-order valence-electron chi connectivity index (χ1n) is 5.68. The highest BCUT2D eigenvalue weighted by atomic mass is 32.1. The number of carbonyl (C=O) groups excluding carboxylic acids is 2. The SMILES string of the molecule is Cc1csc(N2C(=O)[C@@H](C)N(C3CC3)C2=O)n1. The van der Waals surface area contributed by atoms with Gasteiger partial charge in [0, 0.05) is 11.4 Å². The Balaban J connectivity index is 1.95. The summed E-state index contributed by atoms with van der Waals surface area (Å²) in [6.07, 6.45) is 2.02. The van der Waals surface area contributed by atoms with Gasteiger partial charge in [0.15, 0.2) is 0 Å². The maximum absolute atomic E-state index is 12.2. The first kappa shape index (κ1) is 10.7. The van der Waals surface area contributed by atoms with E-state index in [4.69, 9.17) is 0 Å². The lowest BCUT2D eigenvalue weighted by atomic mass is 10.3. The van der Waals surface area contributed by atoms with E-state index < -0.39 is 0 Å². The molecule has 0 spiro atoms. The summed E-state index contributed by atoms with van der Waals surface area (Å²) in [5.74, 6) is -0.156. The Morgan fingerprint density at radius 1 is 1.41 bits per heavy atom. The van der Waals surface area contributed by atoms with Crippen molar-refractivity contribution >= 4 is 28.4 Å². The summed E-state index contributed by atoms with van der Waals surface area (Å²) in [6.45, 7) is 3.64. The van der Waals surface area contributed by atoms with Crippen LogP contribution in [0.5, 0.6) is 0 Å². The number of hydrogen-bond acceptors (Lipinski definition) is 4. The normalized spacial score (nSPS) is 24.9. The van der Waals surface area contributed by atoms with E-state index in [1.165, 1.54) is 16.2 Å². The molecule has 6 heteroatoms. The fraction of sp³-hybridized carbons (Fsp3) is 0.545. The van der Waals surface area contributed by atoms with E-state index in [0.29, 0.717) is 5.13 Å². The quantitative estimate of drug-likeness (QED) is 0.753. The second-order valence-corrected chi connectivity index (χ2v) is 5.38. The van der Waals surface area contributed by atoms with Gasteiger partial charge in [-0.05, 0) is 26.7 Å². The summed E-state index contributed by atoms with van der Waals surface area (Å²) in [5.41, 5.74) is 0.836. The minimum Gasteiger partial charge on any atom is -0.309 e. The van der Waals surface area contributed by atoms with Crippen LogP contribution in [-0.4, -0.2) is 33.9 Å². The summed E-state index contributed by atoms with van der Waals surface area (Å²) in [5, 5.41) is 2.34. The van der Waals surface area contributed by atoms with E-state index in [2.05, 4.69) is 4.98 Å². The third-order valence-electron chi connectivity index (χ3n) is 3.15. The van der Waals surface area contributed by atoms with Crippen LogP contribution in [0.15, 0.2) is 5.38 Å². The largest absolute Gasteiger partial charge is 0.334 e. The molecule has 1 saturated heterocycles. The van der Waals surface area contributed by atoms with Gasteiger partial charge in [-0.15, -0.1) is 11.3 Å². The van der Waals surface area contributed by atoms with Crippen molar-refractivity contribution in [3.05, 3.63) is 11.1 Å². The molecule has 3 amide bonds. The van der Waals surface area contributed by atoms with Crippen molar-refractivity contribution in [1.29, 1.82) is 0 Å². The van der Waals surface area contributed by atoms with Gasteiger partial charge >= 0.3 is 6.03 Å². The number of hydrogen-bond donors (Lipinski definition) is 0. The molecule has 1 aliphatic heterocycles. The Hall–Kier alpha value is -1.43. The molecule has 17 heavy (non-hydrogen) atoms. The van der Waals surface area contributed by atoms with Crippen LogP contribution in [0.2, 0.25) is 0 Å². The van der Waals surface area contributed by atoms with Crippen molar-refractivity contribution in [2.24, 2.45) is 0 Å². The van der Waals surface area contributed by atoms with Gasteiger partial charge in [-0.2, -0.15) is 0 Å². The van der Waals surface area contributed by atoms with Crippen molar-refractivity contribution < 1.29 is 9.59 Å². The Labute approximate surface area is 103 Å². The molecule has 0 aromatic carbocycles. The number of amides is 3. The third kappa shape index (κ3) is 1.55. The zero-order valence-electron chi connectivity index (χ0n) is 9.71. The number of urea groups is 1. The number of rotatable bonds is 2. The van der Waals surface area contributed by atoms with Crippen molar-refractivity contribution in [2.75, 3.05) is 4.90 Å². The second kappa shape index (κ2) is 3.53. The van der Waals surface area contributed by atoms with Crippen LogP contribution < -0.4 is 4.90 Å². The molecule has 0 unspecified atom stereocenters. The molecule has 1 aliphatic carbocycles. The minimum absolute atomic E-state index is 0.156. The van der Waals surface area contributed by atoms with E-state index in [0.717, 1.165) is 18.5 Å². The molecule has 2 aliphatic rings. The number of imide groups is 1. The summed E-state index contributed by atoms with van der Waals surface area (Å²) in [6, 6.07) is -0.300. The van der Waals surface area contributed by atoms with Gasteiger partial charge in [-0.1, -0.05) is 0 Å². The first-order chi connectivity index (χ1) is 8.09. The van der Waals surface area contributed by atoms with Crippen LogP contribution >= 0.6 is 11.3 Å². The summed E-state index contributed by atoms with van der Waals surface area (Å²) < 4.78 is 0. The average Bonchev–Trinajstić information content (AvgIpc) is 2.97. The number of aryl methyl sites for hydroxylation is 1. The molecule has 1 aromatic rings. The minimum atomic E-state index is -0.348. The summed E-state index contributed by atoms with van der Waals surface area (Å²) >= 11 is 1.34. The van der Waals surface area contributed by atoms with Gasteiger partial charge in [-0.3, -0.25) is 4.79 Å². The molecular weight excluding hydrogens is 238 g/mol. The molecule has 0 radical (unpaired) electrons. The van der Waals surface area contributed by atoms with Gasteiger partial charge < -0.3 is 4.90 Å². The van der Waals surface area contributed by atoms with E-state index >= 15 is 0 Å². The Bertz CT molecular complexity index is 495. The molecule has 3 rings (SSSR count). The molecule has 0 bridgehead atoms. The smallest absolute Gasteiger partial charge is 0.309 e. The zero-order chi connectivity index (χ0) is 12.2. The molecule has 0 N–H and O–H groups in total. The molecular formula is C11H13N3O2S. The van der Waals surface area contributed by atoms with Crippen LogP contribution in [0.3, 0.4) is 0 Å². The van der Waals surface area contributed by atoms with E-state index in [-0.39, 0.29) is 24.0 Å². The van der Waals surface area contributed by atoms with Crippen LogP contribution in [0.1, 0.15) is 25.5 Å². The van der Waals surface area contributed by atoms with E-state index in [1.807, 2.05) is 12.3 Å². The number of carbonyl (C=O) groups is 2. The van der Waals surface area contributed by atoms with E-state index in [1.54, 1.807) is 11.8 Å². The lowest BCUT2D eigenvalue weighted by molar-refractivity contribution is -0.119. The van der Waals surface area contributed by atoms with Crippen LogP contribution in [0.25, 0.3) is 0 Å². The molecule has 1 atom stereocenters. The lowest BCUT2D eigenvalue weighted by Crippen LogP contribution is -2.35. The van der Waals surface area contributed by atoms with Crippen molar-refractivity contribution in [1.82, 2.24) is 9.88 Å². The Morgan fingerprint density at radius 3 is 2.65 bits per heavy atom. The third-order valence-corrected chi connectivity index (χ3v) is 4.09. The predicted octanol–water partition coefficient (Wildman–Crippen LogP) is 1.77. The maximum atomic E-state index is 12.2. The van der Waals surface area contributed by atoms with Gasteiger partial charge in [0.25, 0.3) is 5.91 Å². The van der Waals surface area contributed by atoms with Crippen LogP contribution in [0.4, 0.5) is 9.93 Å². The van der Waals surface area contributed by atoms with Crippen molar-refractivity contribution in [2.45, 2.75) is 38.8 Å². The second-order valence-electron chi connectivity index (χ2n) is 4.54. The molecule has 1 saturated carbocycles. The zero-order valence-corrected chi connectivity index (χ0v) is 10.5. The fourth-order valence-corrected chi connectivity index (χ4v) is 2.93. The standard InChI is InChI=1S/C11H13N3O2S/c1-6-5-17-10(12-6)14-9(15)7(2)13(11(14)16)8-3-4-8/h5,7-8H,3-4H2,1-2H3/t7-/m1/s1. The van der Waals surface area contributed by atoms with Crippen molar-refractivity contribution in [3.63, 3.8) is 0 Å². The number of anilines is 1. The number of thiazole rings is 1. The number of nitrogens with zero attached hydrogens (tertiary/aromatic N) is 3. The van der Waals surface area contributed by atoms with Gasteiger partial charge in [0.2, 0.25) is 5.13 Å². The fourth-order valence-electron chi connectivity index (χ4n) is 2.13. The van der Waals surface area contributed by atoms with Crippen LogP contribution in [-0.2, 0) is 4.79 Å². The van der Waals surface area contributed by atoms with Crippen LogP contribution in [0, 0.1) is 6.92 Å².